The minimum absolute atomic E-state index is 0.160. The highest BCUT2D eigenvalue weighted by atomic mass is 32.2. The zero-order chi connectivity index (χ0) is 27.6. The molecule has 2 amide bonds. The van der Waals surface area contributed by atoms with Crippen LogP contribution in [0.1, 0.15) is 44.2 Å². The van der Waals surface area contributed by atoms with E-state index < -0.39 is 28.5 Å². The van der Waals surface area contributed by atoms with Crippen LogP contribution >= 0.6 is 0 Å². The number of anilines is 1. The predicted octanol–water partition coefficient (Wildman–Crippen LogP) is 3.50. The Balaban J connectivity index is 2.49. The molecular weight excluding hydrogens is 494 g/mol. The van der Waals surface area contributed by atoms with Crippen molar-refractivity contribution < 1.29 is 27.5 Å². The summed E-state index contributed by atoms with van der Waals surface area (Å²) < 4.78 is 37.4. The van der Waals surface area contributed by atoms with Crippen molar-refractivity contribution in [2.75, 3.05) is 37.9 Å². The molecule has 1 atom stereocenters. The molecule has 0 aromatic heterocycles. The molecule has 2 rings (SSSR count). The van der Waals surface area contributed by atoms with Gasteiger partial charge in [0.15, 0.2) is 0 Å². The van der Waals surface area contributed by atoms with Gasteiger partial charge in [-0.05, 0) is 37.5 Å². The van der Waals surface area contributed by atoms with E-state index in [1.165, 1.54) is 25.2 Å². The third-order valence-electron chi connectivity index (χ3n) is 5.98. The van der Waals surface area contributed by atoms with Crippen molar-refractivity contribution in [3.63, 3.8) is 0 Å². The minimum Gasteiger partial charge on any atom is -0.497 e. The Morgan fingerprint density at radius 1 is 1.05 bits per heavy atom. The van der Waals surface area contributed by atoms with E-state index in [0.29, 0.717) is 18.7 Å². The van der Waals surface area contributed by atoms with Crippen molar-refractivity contribution in [1.29, 1.82) is 0 Å². The molecule has 10 heteroatoms. The van der Waals surface area contributed by atoms with Crippen LogP contribution in [-0.2, 0) is 26.2 Å². The second-order valence-electron chi connectivity index (χ2n) is 8.89. The summed E-state index contributed by atoms with van der Waals surface area (Å²) in [4.78, 5) is 28.4. The number of carbonyl (C=O) groups is 2. The van der Waals surface area contributed by atoms with Gasteiger partial charge in [-0.2, -0.15) is 0 Å². The number of carbonyl (C=O) groups excluding carboxylic acids is 2. The molecule has 0 fully saturated rings. The molecule has 2 aromatic rings. The molecular formula is C27H39N3O6S. The number of amides is 2. The Morgan fingerprint density at radius 3 is 2.35 bits per heavy atom. The number of nitrogens with one attached hydrogen (secondary N) is 1. The third kappa shape index (κ3) is 8.38. The number of benzene rings is 2. The van der Waals surface area contributed by atoms with Crippen LogP contribution in [0.25, 0.3) is 0 Å². The van der Waals surface area contributed by atoms with Crippen molar-refractivity contribution in [2.45, 2.75) is 52.6 Å². The maximum atomic E-state index is 13.8. The lowest BCUT2D eigenvalue weighted by molar-refractivity contribution is -0.140. The number of unbranched alkanes of at least 4 members (excludes halogenated alkanes) is 1. The van der Waals surface area contributed by atoms with Crippen molar-refractivity contribution in [3.05, 3.63) is 53.6 Å². The first-order chi connectivity index (χ1) is 17.5. The summed E-state index contributed by atoms with van der Waals surface area (Å²) in [5.74, 6) is -0.0834. The van der Waals surface area contributed by atoms with Crippen molar-refractivity contribution in [1.82, 2.24) is 10.2 Å². The predicted molar refractivity (Wildman–Crippen MR) is 145 cm³/mol. The van der Waals surface area contributed by atoms with E-state index in [2.05, 4.69) is 5.32 Å². The van der Waals surface area contributed by atoms with Crippen molar-refractivity contribution in [2.24, 2.45) is 0 Å². The van der Waals surface area contributed by atoms with E-state index in [1.807, 2.05) is 45.0 Å². The first-order valence-electron chi connectivity index (χ1n) is 12.4. The van der Waals surface area contributed by atoms with Gasteiger partial charge in [-0.25, -0.2) is 8.42 Å². The lowest BCUT2D eigenvalue weighted by Gasteiger charge is -2.33. The molecule has 0 aliphatic carbocycles. The molecule has 2 aromatic carbocycles. The monoisotopic (exact) mass is 533 g/mol. The van der Waals surface area contributed by atoms with Crippen LogP contribution in [0, 0.1) is 6.92 Å². The zero-order valence-corrected chi connectivity index (χ0v) is 23.4. The quantitative estimate of drug-likeness (QED) is 0.373. The summed E-state index contributed by atoms with van der Waals surface area (Å²) in [6.45, 7) is 5.98. The van der Waals surface area contributed by atoms with E-state index in [9.17, 15) is 18.0 Å². The Kier molecular flexibility index (Phi) is 11.2. The fraction of sp³-hybridized carbons (Fsp3) is 0.481. The maximum absolute atomic E-state index is 13.8. The highest BCUT2D eigenvalue weighted by molar-refractivity contribution is 7.92. The van der Waals surface area contributed by atoms with Gasteiger partial charge in [-0.3, -0.25) is 13.9 Å². The molecule has 0 saturated carbocycles. The molecule has 0 aliphatic heterocycles. The number of rotatable bonds is 14. The molecule has 0 saturated heterocycles. The number of aryl methyl sites for hydroxylation is 1. The maximum Gasteiger partial charge on any atom is 0.244 e. The van der Waals surface area contributed by atoms with E-state index in [0.717, 1.165) is 34.5 Å². The first kappa shape index (κ1) is 30.0. The number of hydrogen-bond acceptors (Lipinski definition) is 6. The minimum atomic E-state index is -3.90. The Bertz CT molecular complexity index is 1170. The van der Waals surface area contributed by atoms with Gasteiger partial charge < -0.3 is 19.7 Å². The van der Waals surface area contributed by atoms with Crippen LogP contribution in [0.15, 0.2) is 42.5 Å². The molecule has 204 valence electrons. The summed E-state index contributed by atoms with van der Waals surface area (Å²) in [6.07, 6.45) is 3.15. The molecule has 0 bridgehead atoms. The molecule has 1 N–H and O–H groups in total. The summed E-state index contributed by atoms with van der Waals surface area (Å²) in [6, 6.07) is 11.6. The largest absolute Gasteiger partial charge is 0.497 e. The fourth-order valence-corrected chi connectivity index (χ4v) is 4.86. The first-order valence-corrected chi connectivity index (χ1v) is 14.2. The van der Waals surface area contributed by atoms with Gasteiger partial charge in [0, 0.05) is 19.2 Å². The Morgan fingerprint density at radius 2 is 1.78 bits per heavy atom. The van der Waals surface area contributed by atoms with Crippen molar-refractivity contribution in [3.8, 4) is 11.5 Å². The Labute approximate surface area is 220 Å². The number of hydrogen-bond donors (Lipinski definition) is 1. The van der Waals surface area contributed by atoms with E-state index in [4.69, 9.17) is 9.47 Å². The van der Waals surface area contributed by atoms with Gasteiger partial charge >= 0.3 is 0 Å². The molecule has 0 aliphatic rings. The molecule has 0 radical (unpaired) electrons. The van der Waals surface area contributed by atoms with Crippen LogP contribution in [0.2, 0.25) is 0 Å². The van der Waals surface area contributed by atoms with Crippen LogP contribution in [0.4, 0.5) is 5.69 Å². The smallest absolute Gasteiger partial charge is 0.244 e. The van der Waals surface area contributed by atoms with Crippen LogP contribution in [-0.4, -0.2) is 64.7 Å². The summed E-state index contributed by atoms with van der Waals surface area (Å²) in [7, 11) is -1.02. The Hall–Kier alpha value is -3.27. The van der Waals surface area contributed by atoms with Gasteiger partial charge in [-0.15, -0.1) is 0 Å². The number of methoxy groups -OCH3 is 2. The average molecular weight is 534 g/mol. The van der Waals surface area contributed by atoms with Crippen LogP contribution in [0.5, 0.6) is 11.5 Å². The van der Waals surface area contributed by atoms with Gasteiger partial charge in [0.05, 0.1) is 26.2 Å². The second-order valence-corrected chi connectivity index (χ2v) is 10.8. The average Bonchev–Trinajstić information content (AvgIpc) is 2.86. The molecule has 37 heavy (non-hydrogen) atoms. The van der Waals surface area contributed by atoms with E-state index in [-0.39, 0.29) is 23.9 Å². The summed E-state index contributed by atoms with van der Waals surface area (Å²) in [5.41, 5.74) is 2.04. The lowest BCUT2D eigenvalue weighted by Crippen LogP contribution is -2.52. The summed E-state index contributed by atoms with van der Waals surface area (Å²) >= 11 is 0. The topological polar surface area (TPSA) is 105 Å². The molecule has 9 nitrogen and oxygen atoms in total. The third-order valence-corrected chi connectivity index (χ3v) is 7.11. The molecule has 0 unspecified atom stereocenters. The van der Waals surface area contributed by atoms with Gasteiger partial charge in [0.25, 0.3) is 0 Å². The fourth-order valence-electron chi connectivity index (χ4n) is 4.02. The number of ether oxygens (including phenoxy) is 2. The van der Waals surface area contributed by atoms with Gasteiger partial charge in [-0.1, -0.05) is 50.1 Å². The number of sulfonamides is 1. The standard InChI is InChI=1S/C27H39N3O6S/c1-7-9-15-28-27(32)23(8-2)29(18-21-12-10-11-20(3)16-21)26(31)19-30(37(6,33)34)24-17-22(35-4)13-14-25(24)36-5/h10-14,16-17,23H,7-9,15,18-19H2,1-6H3,(H,28,32)/t23-/m1/s1. The SMILES string of the molecule is CCCCNC(=O)[C@@H](CC)N(Cc1cccc(C)c1)C(=O)CN(c1cc(OC)ccc1OC)S(C)(=O)=O. The van der Waals surface area contributed by atoms with Gasteiger partial charge in [0.1, 0.15) is 24.1 Å². The van der Waals surface area contributed by atoms with Crippen LogP contribution in [0.3, 0.4) is 0 Å². The van der Waals surface area contributed by atoms with E-state index >= 15 is 0 Å². The zero-order valence-electron chi connectivity index (χ0n) is 22.6. The van der Waals surface area contributed by atoms with E-state index in [1.54, 1.807) is 12.1 Å². The summed E-state index contributed by atoms with van der Waals surface area (Å²) in [5, 5.41) is 2.91. The van der Waals surface area contributed by atoms with Crippen molar-refractivity contribution >= 4 is 27.5 Å². The lowest BCUT2D eigenvalue weighted by atomic mass is 10.1. The normalized spacial score (nSPS) is 11.9. The highest BCUT2D eigenvalue weighted by Gasteiger charge is 2.32. The second kappa shape index (κ2) is 13.9. The van der Waals surface area contributed by atoms with Gasteiger partial charge in [0.2, 0.25) is 21.8 Å². The molecule has 0 spiro atoms. The number of nitrogens with zero attached hydrogens (tertiary/aromatic N) is 2. The molecule has 0 heterocycles. The highest BCUT2D eigenvalue weighted by Crippen LogP contribution is 2.34. The van der Waals surface area contributed by atoms with Crippen LogP contribution < -0.4 is 19.1 Å².